The van der Waals surface area contributed by atoms with Crippen LogP contribution in [0.3, 0.4) is 0 Å². The van der Waals surface area contributed by atoms with Crippen molar-refractivity contribution < 1.29 is 9.18 Å². The predicted molar refractivity (Wildman–Crippen MR) is 85.9 cm³/mol. The second-order valence-corrected chi connectivity index (χ2v) is 6.25. The number of carbonyl (C=O) groups is 1. The first-order valence-corrected chi connectivity index (χ1v) is 8.28. The number of anilines is 1. The van der Waals surface area contributed by atoms with Crippen LogP contribution in [0.25, 0.3) is 5.69 Å². The number of halogens is 1. The molecule has 1 aromatic heterocycles. The van der Waals surface area contributed by atoms with Gasteiger partial charge in [0, 0.05) is 30.5 Å². The molecule has 1 fully saturated rings. The molecule has 1 amide bonds. The number of carbonyl (C=O) groups excluding carboxylic acids is 1. The van der Waals surface area contributed by atoms with Crippen LogP contribution < -0.4 is 10.6 Å². The SMILES string of the molecule is O=C(CC1CSCCN1)Nc1cnn(-c2ccccc2F)c1. The van der Waals surface area contributed by atoms with Gasteiger partial charge in [0.15, 0.2) is 0 Å². The van der Waals surface area contributed by atoms with Crippen LogP contribution in [0.1, 0.15) is 6.42 Å². The van der Waals surface area contributed by atoms with Crippen LogP contribution in [0.2, 0.25) is 0 Å². The quantitative estimate of drug-likeness (QED) is 0.905. The molecule has 116 valence electrons. The summed E-state index contributed by atoms with van der Waals surface area (Å²) in [5, 5.41) is 10.2. The van der Waals surface area contributed by atoms with E-state index >= 15 is 0 Å². The van der Waals surface area contributed by atoms with Crippen molar-refractivity contribution in [2.24, 2.45) is 0 Å². The van der Waals surface area contributed by atoms with E-state index in [1.165, 1.54) is 16.9 Å². The van der Waals surface area contributed by atoms with Crippen molar-refractivity contribution in [1.29, 1.82) is 0 Å². The monoisotopic (exact) mass is 320 g/mol. The number of hydrogen-bond acceptors (Lipinski definition) is 4. The topological polar surface area (TPSA) is 59.0 Å². The fourth-order valence-electron chi connectivity index (χ4n) is 2.34. The fourth-order valence-corrected chi connectivity index (χ4v) is 3.29. The number of benzene rings is 1. The van der Waals surface area contributed by atoms with E-state index in [0.29, 0.717) is 17.8 Å². The highest BCUT2D eigenvalue weighted by atomic mass is 32.2. The van der Waals surface area contributed by atoms with Crippen LogP contribution in [-0.4, -0.2) is 39.8 Å². The van der Waals surface area contributed by atoms with Gasteiger partial charge in [-0.05, 0) is 12.1 Å². The van der Waals surface area contributed by atoms with Crippen LogP contribution in [0.5, 0.6) is 0 Å². The highest BCUT2D eigenvalue weighted by Crippen LogP contribution is 2.16. The highest BCUT2D eigenvalue weighted by molar-refractivity contribution is 7.99. The van der Waals surface area contributed by atoms with E-state index < -0.39 is 0 Å². The van der Waals surface area contributed by atoms with Crippen molar-refractivity contribution in [3.05, 3.63) is 42.5 Å². The molecule has 1 aromatic carbocycles. The largest absolute Gasteiger partial charge is 0.323 e. The molecule has 1 aliphatic heterocycles. The number of para-hydroxylation sites is 1. The maximum atomic E-state index is 13.7. The van der Waals surface area contributed by atoms with Crippen molar-refractivity contribution in [3.8, 4) is 5.69 Å². The third kappa shape index (κ3) is 3.66. The predicted octanol–water partition coefficient (Wildman–Crippen LogP) is 2.04. The van der Waals surface area contributed by atoms with Gasteiger partial charge in [-0.25, -0.2) is 9.07 Å². The van der Waals surface area contributed by atoms with Gasteiger partial charge >= 0.3 is 0 Å². The average Bonchev–Trinajstić information content (AvgIpc) is 2.97. The minimum Gasteiger partial charge on any atom is -0.323 e. The molecule has 0 saturated carbocycles. The lowest BCUT2D eigenvalue weighted by molar-refractivity contribution is -0.116. The Morgan fingerprint density at radius 2 is 2.36 bits per heavy atom. The summed E-state index contributed by atoms with van der Waals surface area (Å²) in [6.45, 7) is 0.938. The molecule has 1 unspecified atom stereocenters. The molecule has 0 bridgehead atoms. The summed E-state index contributed by atoms with van der Waals surface area (Å²) in [6.07, 6.45) is 3.56. The molecule has 1 aliphatic rings. The molecular formula is C15H17FN4OS. The Balaban J connectivity index is 1.62. The summed E-state index contributed by atoms with van der Waals surface area (Å²) in [4.78, 5) is 12.0. The molecule has 1 atom stereocenters. The Bertz CT molecular complexity index is 654. The van der Waals surface area contributed by atoms with Crippen molar-refractivity contribution in [2.45, 2.75) is 12.5 Å². The second kappa shape index (κ2) is 6.93. The Morgan fingerprint density at radius 3 is 3.14 bits per heavy atom. The van der Waals surface area contributed by atoms with E-state index in [9.17, 15) is 9.18 Å². The van der Waals surface area contributed by atoms with Crippen molar-refractivity contribution in [1.82, 2.24) is 15.1 Å². The molecule has 2 N–H and O–H groups in total. The first kappa shape index (κ1) is 15.1. The number of thioether (sulfide) groups is 1. The molecule has 0 radical (unpaired) electrons. The van der Waals surface area contributed by atoms with Gasteiger partial charge in [-0.3, -0.25) is 4.79 Å². The van der Waals surface area contributed by atoms with Crippen molar-refractivity contribution in [2.75, 3.05) is 23.4 Å². The van der Waals surface area contributed by atoms with Gasteiger partial charge in [0.1, 0.15) is 11.5 Å². The average molecular weight is 320 g/mol. The van der Waals surface area contributed by atoms with Gasteiger partial charge in [-0.1, -0.05) is 12.1 Å². The molecular weight excluding hydrogens is 303 g/mol. The van der Waals surface area contributed by atoms with E-state index in [-0.39, 0.29) is 17.8 Å². The lowest BCUT2D eigenvalue weighted by Gasteiger charge is -2.22. The van der Waals surface area contributed by atoms with Gasteiger partial charge < -0.3 is 10.6 Å². The van der Waals surface area contributed by atoms with Gasteiger partial charge in [0.05, 0.1) is 18.1 Å². The van der Waals surface area contributed by atoms with Crippen LogP contribution >= 0.6 is 11.8 Å². The standard InChI is InChI=1S/C15H17FN4OS/c16-13-3-1-2-4-14(13)20-9-12(8-18-20)19-15(21)7-11-10-22-6-5-17-11/h1-4,8-9,11,17H,5-7,10H2,(H,19,21). The summed E-state index contributed by atoms with van der Waals surface area (Å²) in [6, 6.07) is 6.59. The molecule has 22 heavy (non-hydrogen) atoms. The lowest BCUT2D eigenvalue weighted by atomic mass is 10.2. The first-order chi connectivity index (χ1) is 10.7. The van der Waals surface area contributed by atoms with Crippen LogP contribution in [0.15, 0.2) is 36.7 Å². The smallest absolute Gasteiger partial charge is 0.226 e. The fraction of sp³-hybridized carbons (Fsp3) is 0.333. The number of amides is 1. The lowest BCUT2D eigenvalue weighted by Crippen LogP contribution is -2.39. The summed E-state index contributed by atoms with van der Waals surface area (Å²) >= 11 is 1.85. The summed E-state index contributed by atoms with van der Waals surface area (Å²) in [5.74, 6) is 1.62. The molecule has 3 rings (SSSR count). The zero-order chi connectivity index (χ0) is 15.4. The minimum absolute atomic E-state index is 0.0620. The third-order valence-electron chi connectivity index (χ3n) is 3.40. The number of nitrogens with one attached hydrogen (secondary N) is 2. The number of aromatic nitrogens is 2. The zero-order valence-corrected chi connectivity index (χ0v) is 12.8. The van der Waals surface area contributed by atoms with Gasteiger partial charge in [-0.2, -0.15) is 16.9 Å². The molecule has 5 nitrogen and oxygen atoms in total. The molecule has 2 aromatic rings. The Hall–Kier alpha value is -1.86. The number of nitrogens with zero attached hydrogens (tertiary/aromatic N) is 2. The molecule has 1 saturated heterocycles. The molecule has 7 heteroatoms. The highest BCUT2D eigenvalue weighted by Gasteiger charge is 2.17. The van der Waals surface area contributed by atoms with E-state index in [1.54, 1.807) is 24.4 Å². The van der Waals surface area contributed by atoms with E-state index in [0.717, 1.165) is 18.1 Å². The number of hydrogen-bond donors (Lipinski definition) is 2. The minimum atomic E-state index is -0.355. The maximum absolute atomic E-state index is 13.7. The second-order valence-electron chi connectivity index (χ2n) is 5.10. The van der Waals surface area contributed by atoms with Crippen molar-refractivity contribution in [3.63, 3.8) is 0 Å². The van der Waals surface area contributed by atoms with Gasteiger partial charge in [-0.15, -0.1) is 0 Å². The maximum Gasteiger partial charge on any atom is 0.226 e. The third-order valence-corrected chi connectivity index (χ3v) is 4.53. The molecule has 2 heterocycles. The normalized spacial score (nSPS) is 18.1. The summed E-state index contributed by atoms with van der Waals surface area (Å²) < 4.78 is 15.1. The van der Waals surface area contributed by atoms with E-state index in [1.807, 2.05) is 11.8 Å². The Kier molecular flexibility index (Phi) is 4.74. The Labute approximate surface area is 132 Å². The van der Waals surface area contributed by atoms with E-state index in [4.69, 9.17) is 0 Å². The van der Waals surface area contributed by atoms with Crippen molar-refractivity contribution >= 4 is 23.4 Å². The zero-order valence-electron chi connectivity index (χ0n) is 12.0. The summed E-state index contributed by atoms with van der Waals surface area (Å²) in [5.41, 5.74) is 0.921. The molecule has 0 spiro atoms. The molecule has 0 aliphatic carbocycles. The van der Waals surface area contributed by atoms with Crippen LogP contribution in [0, 0.1) is 5.82 Å². The van der Waals surface area contributed by atoms with E-state index in [2.05, 4.69) is 15.7 Å². The van der Waals surface area contributed by atoms with Gasteiger partial charge in [0.25, 0.3) is 0 Å². The Morgan fingerprint density at radius 1 is 1.50 bits per heavy atom. The van der Waals surface area contributed by atoms with Gasteiger partial charge in [0.2, 0.25) is 5.91 Å². The number of rotatable bonds is 4. The first-order valence-electron chi connectivity index (χ1n) is 7.13. The summed E-state index contributed by atoms with van der Waals surface area (Å²) in [7, 11) is 0. The van der Waals surface area contributed by atoms with Crippen LogP contribution in [0.4, 0.5) is 10.1 Å². The van der Waals surface area contributed by atoms with Crippen LogP contribution in [-0.2, 0) is 4.79 Å².